The van der Waals surface area contributed by atoms with Crippen LogP contribution in [-0.2, 0) is 4.74 Å². The first-order chi connectivity index (χ1) is 15.5. The van der Waals surface area contributed by atoms with Crippen molar-refractivity contribution in [3.05, 3.63) is 52.5 Å². The summed E-state index contributed by atoms with van der Waals surface area (Å²) in [6, 6.07) is 4.37. The second-order valence-electron chi connectivity index (χ2n) is 9.19. The fourth-order valence-electron chi connectivity index (χ4n) is 3.81. The van der Waals surface area contributed by atoms with Gasteiger partial charge in [-0.25, -0.2) is 9.78 Å². The average Bonchev–Trinajstić information content (AvgIpc) is 2.73. The number of carbonyl (C=O) groups excluding carboxylic acids is 1. The van der Waals surface area contributed by atoms with E-state index in [1.807, 2.05) is 27.7 Å². The maximum absolute atomic E-state index is 13.4. The summed E-state index contributed by atoms with van der Waals surface area (Å²) in [7, 11) is 0. The Hall–Kier alpha value is -3.43. The van der Waals surface area contributed by atoms with E-state index in [1.54, 1.807) is 11.0 Å². The molecule has 0 aromatic carbocycles. The number of ether oxygens (including phenoxy) is 1. The van der Waals surface area contributed by atoms with Gasteiger partial charge < -0.3 is 25.3 Å². The lowest BCUT2D eigenvalue weighted by Crippen LogP contribution is -2.51. The van der Waals surface area contributed by atoms with Crippen molar-refractivity contribution in [2.45, 2.75) is 58.1 Å². The van der Waals surface area contributed by atoms with Gasteiger partial charge in [0.15, 0.2) is 0 Å². The third-order valence-corrected chi connectivity index (χ3v) is 5.66. The van der Waals surface area contributed by atoms with Crippen molar-refractivity contribution >= 4 is 23.3 Å². The molecule has 1 saturated heterocycles. The normalized spacial score (nSPS) is 15.6. The maximum Gasteiger partial charge on any atom is 0.410 e. The van der Waals surface area contributed by atoms with E-state index >= 15 is 0 Å². The summed E-state index contributed by atoms with van der Waals surface area (Å²) in [5.41, 5.74) is -0.415. The number of aromatic amines is 1. The van der Waals surface area contributed by atoms with Crippen molar-refractivity contribution in [2.24, 2.45) is 0 Å². The molecule has 1 fully saturated rings. The molecule has 0 radical (unpaired) electrons. The van der Waals surface area contributed by atoms with E-state index in [0.717, 1.165) is 12.5 Å². The first-order valence-corrected chi connectivity index (χ1v) is 11.0. The average molecular weight is 459 g/mol. The quantitative estimate of drug-likeness (QED) is 0.306. The Kier molecular flexibility index (Phi) is 7.04. The van der Waals surface area contributed by atoms with Gasteiger partial charge >= 0.3 is 6.09 Å². The lowest BCUT2D eigenvalue weighted by atomic mass is 9.84. The van der Waals surface area contributed by atoms with Crippen LogP contribution in [0.5, 0.6) is 0 Å². The van der Waals surface area contributed by atoms with Crippen molar-refractivity contribution in [2.75, 3.05) is 23.7 Å². The van der Waals surface area contributed by atoms with Gasteiger partial charge in [-0.1, -0.05) is 6.92 Å². The molecular formula is C23H31FN6O3. The first kappa shape index (κ1) is 24.2. The number of aromatic nitrogens is 2. The molecule has 0 bridgehead atoms. The molecule has 33 heavy (non-hydrogen) atoms. The standard InChI is InChI=1S/C23H31FN6O3/c1-5-23(8-12-30(13-9-23)21(32)33-22(2,3)4)29-16-7-11-27-20(31)18(16)19(25)28-15-6-10-26-17(24)14-15/h6-7,10-11,14H,5,8-9,12-13H2,1-4H3,(H2,25,26,28)(H2,27,29,31). The summed E-state index contributed by atoms with van der Waals surface area (Å²) >= 11 is 0. The number of nitrogens with zero attached hydrogens (tertiary/aromatic N) is 2. The van der Waals surface area contributed by atoms with Gasteiger partial charge in [0.1, 0.15) is 17.0 Å². The number of hydrogen-bond acceptors (Lipinski definition) is 6. The SMILES string of the molecule is CCC1(Nc2cc[nH]c(=O)c2C(=N)Nc2ccnc(F)c2)CCN(C(=O)OC(C)(C)C)CC1. The molecule has 0 unspecified atom stereocenters. The van der Waals surface area contributed by atoms with Crippen molar-refractivity contribution in [1.82, 2.24) is 14.9 Å². The molecule has 2 aromatic heterocycles. The number of carbonyl (C=O) groups is 1. The molecule has 178 valence electrons. The summed E-state index contributed by atoms with van der Waals surface area (Å²) in [5.74, 6) is -0.850. The summed E-state index contributed by atoms with van der Waals surface area (Å²) in [6.07, 6.45) is 4.55. The Labute approximate surface area is 192 Å². The maximum atomic E-state index is 13.4. The van der Waals surface area contributed by atoms with Gasteiger partial charge in [-0.2, -0.15) is 4.39 Å². The van der Waals surface area contributed by atoms with Gasteiger partial charge in [-0.05, 0) is 52.2 Å². The third-order valence-electron chi connectivity index (χ3n) is 5.66. The molecule has 1 aliphatic rings. The minimum atomic E-state index is -0.685. The van der Waals surface area contributed by atoms with Crippen LogP contribution in [0.15, 0.2) is 35.4 Å². The van der Waals surface area contributed by atoms with Crippen LogP contribution in [0, 0.1) is 11.4 Å². The third kappa shape index (κ3) is 6.09. The molecule has 1 amide bonds. The number of pyridine rings is 2. The number of nitrogens with one attached hydrogen (secondary N) is 4. The zero-order valence-electron chi connectivity index (χ0n) is 19.4. The number of piperidine rings is 1. The van der Waals surface area contributed by atoms with E-state index in [9.17, 15) is 14.0 Å². The number of anilines is 2. The van der Waals surface area contributed by atoms with Crippen LogP contribution in [0.25, 0.3) is 0 Å². The first-order valence-electron chi connectivity index (χ1n) is 11.0. The summed E-state index contributed by atoms with van der Waals surface area (Å²) < 4.78 is 18.9. The van der Waals surface area contributed by atoms with Crippen LogP contribution in [-0.4, -0.2) is 51.0 Å². The zero-order chi connectivity index (χ0) is 24.2. The molecule has 0 atom stereocenters. The van der Waals surface area contributed by atoms with Crippen LogP contribution >= 0.6 is 0 Å². The van der Waals surface area contributed by atoms with Crippen LogP contribution in [0.4, 0.5) is 20.6 Å². The summed E-state index contributed by atoms with van der Waals surface area (Å²) in [5, 5.41) is 14.7. The van der Waals surface area contributed by atoms with Crippen LogP contribution in [0.1, 0.15) is 52.5 Å². The Morgan fingerprint density at radius 3 is 2.64 bits per heavy atom. The number of hydrogen-bond donors (Lipinski definition) is 4. The van der Waals surface area contributed by atoms with E-state index in [2.05, 4.69) is 20.6 Å². The van der Waals surface area contributed by atoms with Gasteiger partial charge in [-0.3, -0.25) is 10.2 Å². The van der Waals surface area contributed by atoms with Crippen LogP contribution < -0.4 is 16.2 Å². The highest BCUT2D eigenvalue weighted by atomic mass is 19.1. The second kappa shape index (κ2) is 9.60. The summed E-state index contributed by atoms with van der Waals surface area (Å²) in [6.45, 7) is 8.59. The lowest BCUT2D eigenvalue weighted by molar-refractivity contribution is 0.0176. The van der Waals surface area contributed by atoms with E-state index in [0.29, 0.717) is 37.3 Å². The Bertz CT molecular complexity index is 1070. The topological polar surface area (TPSA) is 123 Å². The number of halogens is 1. The van der Waals surface area contributed by atoms with Gasteiger partial charge in [0.2, 0.25) is 5.95 Å². The molecule has 0 saturated carbocycles. The molecule has 10 heteroatoms. The van der Waals surface area contributed by atoms with Gasteiger partial charge in [0.05, 0.1) is 5.69 Å². The largest absolute Gasteiger partial charge is 0.444 e. The highest BCUT2D eigenvalue weighted by Crippen LogP contribution is 2.31. The molecule has 9 nitrogen and oxygen atoms in total. The van der Waals surface area contributed by atoms with Gasteiger partial charge in [0, 0.05) is 42.8 Å². The van der Waals surface area contributed by atoms with Crippen molar-refractivity contribution in [3.63, 3.8) is 0 Å². The van der Waals surface area contributed by atoms with Crippen molar-refractivity contribution in [3.8, 4) is 0 Å². The Morgan fingerprint density at radius 1 is 1.33 bits per heavy atom. The molecular weight excluding hydrogens is 427 g/mol. The molecule has 0 aliphatic carbocycles. The Balaban J connectivity index is 1.77. The highest BCUT2D eigenvalue weighted by molar-refractivity contribution is 6.09. The molecule has 0 spiro atoms. The molecule has 2 aromatic rings. The monoisotopic (exact) mass is 458 g/mol. The van der Waals surface area contributed by atoms with Gasteiger partial charge in [-0.15, -0.1) is 0 Å². The predicted octanol–water partition coefficient (Wildman–Crippen LogP) is 3.94. The van der Waals surface area contributed by atoms with E-state index < -0.39 is 17.1 Å². The predicted molar refractivity (Wildman–Crippen MR) is 125 cm³/mol. The number of H-pyrrole nitrogens is 1. The number of likely N-dealkylation sites (tertiary alicyclic amines) is 1. The van der Waals surface area contributed by atoms with E-state index in [-0.39, 0.29) is 23.0 Å². The molecule has 1 aliphatic heterocycles. The van der Waals surface area contributed by atoms with Crippen LogP contribution in [0.2, 0.25) is 0 Å². The van der Waals surface area contributed by atoms with E-state index in [4.69, 9.17) is 10.1 Å². The Morgan fingerprint density at radius 2 is 2.03 bits per heavy atom. The van der Waals surface area contributed by atoms with E-state index in [1.165, 1.54) is 18.5 Å². The fraction of sp³-hybridized carbons (Fsp3) is 0.478. The summed E-state index contributed by atoms with van der Waals surface area (Å²) in [4.78, 5) is 32.8. The van der Waals surface area contributed by atoms with Crippen LogP contribution in [0.3, 0.4) is 0 Å². The minimum Gasteiger partial charge on any atom is -0.444 e. The smallest absolute Gasteiger partial charge is 0.410 e. The lowest BCUT2D eigenvalue weighted by Gasteiger charge is -2.43. The number of rotatable bonds is 5. The van der Waals surface area contributed by atoms with Crippen molar-refractivity contribution < 1.29 is 13.9 Å². The second-order valence-corrected chi connectivity index (χ2v) is 9.19. The molecule has 3 heterocycles. The minimum absolute atomic E-state index is 0.122. The number of amides is 1. The number of amidine groups is 1. The molecule has 3 rings (SSSR count). The highest BCUT2D eigenvalue weighted by Gasteiger charge is 2.36. The zero-order valence-corrected chi connectivity index (χ0v) is 19.4. The van der Waals surface area contributed by atoms with Gasteiger partial charge in [0.25, 0.3) is 5.56 Å². The van der Waals surface area contributed by atoms with Crippen molar-refractivity contribution in [1.29, 1.82) is 5.41 Å². The molecule has 4 N–H and O–H groups in total. The fourth-order valence-corrected chi connectivity index (χ4v) is 3.81.